The number of amides is 2. The summed E-state index contributed by atoms with van der Waals surface area (Å²) in [6.07, 6.45) is 2.26. The van der Waals surface area contributed by atoms with E-state index in [0.717, 1.165) is 12.8 Å². The van der Waals surface area contributed by atoms with E-state index >= 15 is 0 Å². The number of halogens is 2. The van der Waals surface area contributed by atoms with Crippen molar-refractivity contribution in [3.63, 3.8) is 0 Å². The van der Waals surface area contributed by atoms with E-state index in [1.807, 2.05) is 5.38 Å². The number of ether oxygens (including phenoxy) is 1. The average Bonchev–Trinajstić information content (AvgIpc) is 3.15. The molecule has 2 heterocycles. The summed E-state index contributed by atoms with van der Waals surface area (Å²) in [5.74, 6) is -0.522. The fourth-order valence-electron chi connectivity index (χ4n) is 2.96. The summed E-state index contributed by atoms with van der Waals surface area (Å²) in [4.78, 5) is 27.5. The fourth-order valence-corrected chi connectivity index (χ4v) is 3.64. The largest absolute Gasteiger partial charge is 0.435 e. The second-order valence-corrected chi connectivity index (χ2v) is 6.83. The van der Waals surface area contributed by atoms with E-state index in [2.05, 4.69) is 10.1 Å². The Balaban J connectivity index is 1.72. The molecule has 1 aliphatic rings. The number of piperidine rings is 1. The quantitative estimate of drug-likeness (QED) is 0.854. The highest BCUT2D eigenvalue weighted by Gasteiger charge is 2.33. The normalized spacial score (nSPS) is 17.2. The minimum Gasteiger partial charge on any atom is -0.435 e. The summed E-state index contributed by atoms with van der Waals surface area (Å²) < 4.78 is 29.0. The number of hydrogen-bond acceptors (Lipinski definition) is 4. The molecule has 1 atom stereocenters. The van der Waals surface area contributed by atoms with E-state index in [-0.39, 0.29) is 17.6 Å². The van der Waals surface area contributed by atoms with Gasteiger partial charge in [0.05, 0.1) is 4.88 Å². The number of thiophene rings is 1. The molecule has 1 aromatic carbocycles. The first kappa shape index (κ1) is 18.3. The molecule has 26 heavy (non-hydrogen) atoms. The summed E-state index contributed by atoms with van der Waals surface area (Å²) in [5.41, 5.74) is 0.349. The number of benzene rings is 1. The molecule has 2 aromatic rings. The number of carbonyl (C=O) groups is 2. The second-order valence-electron chi connectivity index (χ2n) is 5.88. The van der Waals surface area contributed by atoms with Gasteiger partial charge in [-0.2, -0.15) is 8.78 Å². The highest BCUT2D eigenvalue weighted by atomic mass is 32.1. The molecule has 138 valence electrons. The molecule has 5 nitrogen and oxygen atoms in total. The van der Waals surface area contributed by atoms with Crippen molar-refractivity contribution in [3.05, 3.63) is 46.7 Å². The SMILES string of the molecule is O=C(Nc1cccc(OC(F)F)c1)C1CCCCN1C(=O)c1cccs1. The summed E-state index contributed by atoms with van der Waals surface area (Å²) in [6, 6.07) is 8.77. The Hall–Kier alpha value is -2.48. The molecule has 1 fully saturated rings. The van der Waals surface area contributed by atoms with Gasteiger partial charge in [0.2, 0.25) is 5.91 Å². The molecule has 0 aliphatic carbocycles. The number of nitrogens with one attached hydrogen (secondary N) is 1. The number of hydrogen-bond donors (Lipinski definition) is 1. The monoisotopic (exact) mass is 380 g/mol. The maximum Gasteiger partial charge on any atom is 0.387 e. The molecule has 8 heteroatoms. The van der Waals surface area contributed by atoms with Gasteiger partial charge in [0.15, 0.2) is 0 Å². The van der Waals surface area contributed by atoms with Crippen LogP contribution in [-0.2, 0) is 4.79 Å². The van der Waals surface area contributed by atoms with E-state index in [0.29, 0.717) is 23.5 Å². The molecule has 1 aliphatic heterocycles. The van der Waals surface area contributed by atoms with Crippen LogP contribution in [0.25, 0.3) is 0 Å². The van der Waals surface area contributed by atoms with E-state index in [9.17, 15) is 18.4 Å². The number of rotatable bonds is 5. The van der Waals surface area contributed by atoms with Crippen molar-refractivity contribution in [2.45, 2.75) is 31.9 Å². The van der Waals surface area contributed by atoms with Crippen molar-refractivity contribution in [2.75, 3.05) is 11.9 Å². The molecular weight excluding hydrogens is 362 g/mol. The minimum atomic E-state index is -2.93. The molecular formula is C18H18F2N2O3S. The Morgan fingerprint density at radius 1 is 1.23 bits per heavy atom. The molecule has 0 saturated carbocycles. The van der Waals surface area contributed by atoms with Gasteiger partial charge in [0.1, 0.15) is 11.8 Å². The van der Waals surface area contributed by atoms with Crippen LogP contribution in [0.15, 0.2) is 41.8 Å². The third kappa shape index (κ3) is 4.37. The van der Waals surface area contributed by atoms with Crippen molar-refractivity contribution in [1.29, 1.82) is 0 Å². The number of carbonyl (C=O) groups excluding carboxylic acids is 2. The van der Waals surface area contributed by atoms with Crippen molar-refractivity contribution in [1.82, 2.24) is 4.90 Å². The molecule has 1 saturated heterocycles. The van der Waals surface area contributed by atoms with Crippen LogP contribution in [0.3, 0.4) is 0 Å². The van der Waals surface area contributed by atoms with E-state index in [1.54, 1.807) is 23.1 Å². The smallest absolute Gasteiger partial charge is 0.387 e. The fraction of sp³-hybridized carbons (Fsp3) is 0.333. The average molecular weight is 380 g/mol. The Labute approximate surface area is 153 Å². The predicted octanol–water partition coefficient (Wildman–Crippen LogP) is 3.98. The van der Waals surface area contributed by atoms with Crippen molar-refractivity contribution in [2.24, 2.45) is 0 Å². The van der Waals surface area contributed by atoms with Crippen molar-refractivity contribution >= 4 is 28.8 Å². The number of nitrogens with zero attached hydrogens (tertiary/aromatic N) is 1. The lowest BCUT2D eigenvalue weighted by molar-refractivity contribution is -0.121. The van der Waals surface area contributed by atoms with Crippen molar-refractivity contribution in [3.8, 4) is 5.75 Å². The highest BCUT2D eigenvalue weighted by Crippen LogP contribution is 2.24. The molecule has 3 rings (SSSR count). The third-order valence-electron chi connectivity index (χ3n) is 4.13. The lowest BCUT2D eigenvalue weighted by Gasteiger charge is -2.34. The van der Waals surface area contributed by atoms with Crippen LogP contribution >= 0.6 is 11.3 Å². The van der Waals surface area contributed by atoms with E-state index in [4.69, 9.17) is 0 Å². The van der Waals surface area contributed by atoms with Crippen LogP contribution < -0.4 is 10.1 Å². The standard InChI is InChI=1S/C18H18F2N2O3S/c19-18(20)25-13-6-3-5-12(11-13)21-16(23)14-7-1-2-9-22(14)17(24)15-8-4-10-26-15/h3-6,8,10-11,14,18H,1-2,7,9H2,(H,21,23). The van der Waals surface area contributed by atoms with E-state index < -0.39 is 12.7 Å². The zero-order valence-electron chi connectivity index (χ0n) is 13.9. The minimum absolute atomic E-state index is 0.0343. The van der Waals surface area contributed by atoms with Gasteiger partial charge in [0.25, 0.3) is 5.91 Å². The lowest BCUT2D eigenvalue weighted by atomic mass is 10.0. The summed E-state index contributed by atoms with van der Waals surface area (Å²) in [6.45, 7) is -2.42. The molecule has 0 radical (unpaired) electrons. The molecule has 0 spiro atoms. The van der Waals surface area contributed by atoms with Gasteiger partial charge in [-0.3, -0.25) is 9.59 Å². The number of anilines is 1. The molecule has 1 N–H and O–H groups in total. The van der Waals surface area contributed by atoms with Gasteiger partial charge in [0, 0.05) is 18.3 Å². The zero-order valence-corrected chi connectivity index (χ0v) is 14.7. The van der Waals surface area contributed by atoms with Gasteiger partial charge in [-0.05, 0) is 42.8 Å². The van der Waals surface area contributed by atoms with Crippen LogP contribution in [0, 0.1) is 0 Å². The van der Waals surface area contributed by atoms with Crippen molar-refractivity contribution < 1.29 is 23.1 Å². The van der Waals surface area contributed by atoms with Crippen LogP contribution in [0.5, 0.6) is 5.75 Å². The van der Waals surface area contributed by atoms with Crippen LogP contribution in [-0.4, -0.2) is 35.9 Å². The van der Waals surface area contributed by atoms with Gasteiger partial charge >= 0.3 is 6.61 Å². The Morgan fingerprint density at radius 2 is 2.08 bits per heavy atom. The van der Waals surface area contributed by atoms with Gasteiger partial charge in [-0.25, -0.2) is 0 Å². The molecule has 1 aromatic heterocycles. The Kier molecular flexibility index (Phi) is 5.82. The number of likely N-dealkylation sites (tertiary alicyclic amines) is 1. The predicted molar refractivity (Wildman–Crippen MR) is 94.7 cm³/mol. The second kappa shape index (κ2) is 8.27. The maximum atomic E-state index is 12.7. The van der Waals surface area contributed by atoms with Gasteiger partial charge < -0.3 is 15.0 Å². The van der Waals surface area contributed by atoms with Crippen LogP contribution in [0.2, 0.25) is 0 Å². The molecule has 1 unspecified atom stereocenters. The lowest BCUT2D eigenvalue weighted by Crippen LogP contribution is -2.49. The Morgan fingerprint density at radius 3 is 2.81 bits per heavy atom. The topological polar surface area (TPSA) is 58.6 Å². The van der Waals surface area contributed by atoms with Gasteiger partial charge in [-0.15, -0.1) is 11.3 Å². The molecule has 2 amide bonds. The van der Waals surface area contributed by atoms with Crippen LogP contribution in [0.4, 0.5) is 14.5 Å². The van der Waals surface area contributed by atoms with E-state index in [1.165, 1.54) is 29.5 Å². The highest BCUT2D eigenvalue weighted by molar-refractivity contribution is 7.12. The summed E-state index contributed by atoms with van der Waals surface area (Å²) >= 11 is 1.34. The molecule has 0 bridgehead atoms. The summed E-state index contributed by atoms with van der Waals surface area (Å²) in [5, 5.41) is 4.52. The zero-order chi connectivity index (χ0) is 18.5. The Bertz CT molecular complexity index is 768. The number of alkyl halides is 2. The first-order chi connectivity index (χ1) is 12.5. The first-order valence-corrected chi connectivity index (χ1v) is 9.13. The summed E-state index contributed by atoms with van der Waals surface area (Å²) in [7, 11) is 0. The third-order valence-corrected chi connectivity index (χ3v) is 4.98. The van der Waals surface area contributed by atoms with Gasteiger partial charge in [-0.1, -0.05) is 12.1 Å². The first-order valence-electron chi connectivity index (χ1n) is 8.25. The maximum absolute atomic E-state index is 12.7. The van der Waals surface area contributed by atoms with Crippen LogP contribution in [0.1, 0.15) is 28.9 Å².